The second-order valence-electron chi connectivity index (χ2n) is 15.9. The number of nitrogens with one attached hydrogen (secondary N) is 6. The second-order valence-corrected chi connectivity index (χ2v) is 15.9. The lowest BCUT2D eigenvalue weighted by atomic mass is 9.86. The van der Waals surface area contributed by atoms with Crippen molar-refractivity contribution in [3.05, 3.63) is 63.2 Å². The molecule has 0 radical (unpaired) electrons. The predicted molar refractivity (Wildman–Crippen MR) is 223 cm³/mol. The highest BCUT2D eigenvalue weighted by Gasteiger charge is 2.35. The van der Waals surface area contributed by atoms with E-state index in [9.17, 15) is 48.6 Å². The highest BCUT2D eigenvalue weighted by atomic mass is 16.4. The van der Waals surface area contributed by atoms with Gasteiger partial charge in [-0.05, 0) is 111 Å². The molecule has 0 saturated heterocycles. The van der Waals surface area contributed by atoms with Gasteiger partial charge in [0.05, 0.1) is 19.0 Å². The summed E-state index contributed by atoms with van der Waals surface area (Å²) in [4.78, 5) is 104. The first-order valence-electron chi connectivity index (χ1n) is 19.7. The monoisotopic (exact) mass is 838 g/mol. The molecule has 0 saturated carbocycles. The summed E-state index contributed by atoms with van der Waals surface area (Å²) in [5, 5.41) is 34.4. The number of primary amides is 1. The van der Waals surface area contributed by atoms with Crippen LogP contribution in [-0.4, -0.2) is 100 Å². The number of nitrogens with two attached hydrogens (primary N) is 2. The Hall–Kier alpha value is -6.04. The van der Waals surface area contributed by atoms with Crippen LogP contribution in [0.3, 0.4) is 0 Å². The summed E-state index contributed by atoms with van der Waals surface area (Å²) in [7, 11) is 0. The molecular formula is C42H62N8O10. The maximum Gasteiger partial charge on any atom is 0.305 e. The molecule has 0 aliphatic carbocycles. The van der Waals surface area contributed by atoms with Crippen LogP contribution in [0, 0.1) is 46.5 Å². The fourth-order valence-electron chi connectivity index (χ4n) is 6.47. The van der Waals surface area contributed by atoms with Crippen molar-refractivity contribution in [3.63, 3.8) is 0 Å². The SMILES string of the molecule is Cc1c(C)c(C)c(C[C@@H](NC(=O)[C@@H](C)NC(=O)[C@@H](N)Cc2ccc(O)cc2)C(=O)N[C@@H](CC(=O)O)C(=O)N[C@H](C(=O)N[C@H](C(=O)NCC(N)=O)C(C)C)C(C)C)c(C)c1C. The molecule has 0 bridgehead atoms. The molecule has 18 nitrogen and oxygen atoms in total. The Balaban J connectivity index is 2.42. The third-order valence-corrected chi connectivity index (χ3v) is 10.6. The van der Waals surface area contributed by atoms with Gasteiger partial charge in [0.2, 0.25) is 41.4 Å². The zero-order chi connectivity index (χ0) is 45.8. The molecule has 6 atom stereocenters. The van der Waals surface area contributed by atoms with Crippen LogP contribution in [0.2, 0.25) is 0 Å². The van der Waals surface area contributed by atoms with Gasteiger partial charge >= 0.3 is 5.97 Å². The van der Waals surface area contributed by atoms with Crippen LogP contribution in [0.4, 0.5) is 0 Å². The van der Waals surface area contributed by atoms with Crippen molar-refractivity contribution >= 4 is 47.3 Å². The van der Waals surface area contributed by atoms with E-state index >= 15 is 0 Å². The lowest BCUT2D eigenvalue weighted by Gasteiger charge is -2.29. The molecule has 0 spiro atoms. The number of carboxylic acid groups (broad SMARTS) is 1. The molecule has 7 amide bonds. The minimum atomic E-state index is -1.73. The van der Waals surface area contributed by atoms with E-state index in [4.69, 9.17) is 11.5 Å². The molecular weight excluding hydrogens is 777 g/mol. The summed E-state index contributed by atoms with van der Waals surface area (Å²) in [5.41, 5.74) is 17.3. The van der Waals surface area contributed by atoms with Gasteiger partial charge in [0.1, 0.15) is 36.0 Å². The van der Waals surface area contributed by atoms with Gasteiger partial charge in [-0.25, -0.2) is 0 Å². The topological polar surface area (TPSA) is 301 Å². The van der Waals surface area contributed by atoms with Crippen molar-refractivity contribution in [2.24, 2.45) is 23.3 Å². The Kier molecular flexibility index (Phi) is 18.7. The summed E-state index contributed by atoms with van der Waals surface area (Å²) >= 11 is 0. The Morgan fingerprint density at radius 3 is 1.55 bits per heavy atom. The zero-order valence-corrected chi connectivity index (χ0v) is 36.1. The number of aromatic hydroxyl groups is 1. The lowest BCUT2D eigenvalue weighted by Crippen LogP contribution is -2.61. The predicted octanol–water partition coefficient (Wildman–Crippen LogP) is -0.121. The largest absolute Gasteiger partial charge is 0.508 e. The van der Waals surface area contributed by atoms with E-state index in [1.165, 1.54) is 19.1 Å². The summed E-state index contributed by atoms with van der Waals surface area (Å²) in [6.45, 7) is 17.0. The molecule has 2 aromatic carbocycles. The van der Waals surface area contributed by atoms with Crippen molar-refractivity contribution in [1.82, 2.24) is 31.9 Å². The second kappa shape index (κ2) is 22.4. The number of phenolic OH excluding ortho intramolecular Hbond substituents is 1. The maximum atomic E-state index is 14.2. The van der Waals surface area contributed by atoms with Gasteiger partial charge in [0, 0.05) is 6.42 Å². The first-order valence-corrected chi connectivity index (χ1v) is 19.7. The van der Waals surface area contributed by atoms with Gasteiger partial charge in [-0.1, -0.05) is 39.8 Å². The fourth-order valence-corrected chi connectivity index (χ4v) is 6.47. The van der Waals surface area contributed by atoms with Crippen molar-refractivity contribution < 1.29 is 48.6 Å². The zero-order valence-electron chi connectivity index (χ0n) is 36.1. The molecule has 0 aliphatic rings. The molecule has 0 aliphatic heterocycles. The molecule has 18 heteroatoms. The van der Waals surface area contributed by atoms with E-state index in [1.807, 2.05) is 34.6 Å². The number of rotatable bonds is 21. The summed E-state index contributed by atoms with van der Waals surface area (Å²) in [5.74, 6) is -8.10. The highest BCUT2D eigenvalue weighted by molar-refractivity contribution is 5.98. The number of carboxylic acids is 1. The van der Waals surface area contributed by atoms with Crippen molar-refractivity contribution in [1.29, 1.82) is 0 Å². The number of carbonyl (C=O) groups excluding carboxylic acids is 7. The standard InChI is InChI=1S/C42H62N8O10/c1-19(2)35(41(59)45-18-33(44)52)50-42(60)36(20(3)4)49-40(58)32(17-34(53)54)48-39(57)31(16-29-24(8)22(6)21(5)23(7)25(29)9)47-37(55)26(10)46-38(56)30(43)15-27-11-13-28(51)14-12-27/h11-14,19-20,26,30-32,35-36,51H,15-18,43H2,1-10H3,(H2,44,52)(H,45,59)(H,46,56)(H,47,55)(H,48,57)(H,49,58)(H,50,60)(H,53,54)/t26-,30+,31-,32+,35+,36+/m1/s1. The van der Waals surface area contributed by atoms with Crippen molar-refractivity contribution in [2.75, 3.05) is 6.54 Å². The molecule has 0 fully saturated rings. The smallest absolute Gasteiger partial charge is 0.305 e. The molecule has 2 rings (SSSR count). The molecule has 12 N–H and O–H groups in total. The van der Waals surface area contributed by atoms with Crippen LogP contribution in [-0.2, 0) is 51.2 Å². The Morgan fingerprint density at radius 1 is 0.583 bits per heavy atom. The lowest BCUT2D eigenvalue weighted by molar-refractivity contribution is -0.141. The molecule has 0 unspecified atom stereocenters. The molecule has 2 aromatic rings. The molecule has 0 aromatic heterocycles. The summed E-state index contributed by atoms with van der Waals surface area (Å²) in [6, 6.07) is -1.70. The van der Waals surface area contributed by atoms with Crippen LogP contribution >= 0.6 is 0 Å². The number of amides is 7. The first kappa shape index (κ1) is 50.1. The van der Waals surface area contributed by atoms with E-state index in [1.54, 1.807) is 39.8 Å². The number of aliphatic carboxylic acids is 1. The van der Waals surface area contributed by atoms with Crippen LogP contribution in [0.1, 0.15) is 80.0 Å². The van der Waals surface area contributed by atoms with Gasteiger partial charge in [-0.15, -0.1) is 0 Å². The van der Waals surface area contributed by atoms with E-state index < -0.39 is 108 Å². The molecule has 60 heavy (non-hydrogen) atoms. The van der Waals surface area contributed by atoms with Gasteiger partial charge in [0.15, 0.2) is 0 Å². The number of hydrogen-bond donors (Lipinski definition) is 10. The normalized spacial score (nSPS) is 14.2. The molecule has 330 valence electrons. The fraction of sp³-hybridized carbons (Fsp3) is 0.524. The van der Waals surface area contributed by atoms with E-state index in [0.29, 0.717) is 5.56 Å². The minimum Gasteiger partial charge on any atom is -0.508 e. The molecule has 0 heterocycles. The first-order chi connectivity index (χ1) is 27.8. The number of phenols is 1. The van der Waals surface area contributed by atoms with Gasteiger partial charge in [0.25, 0.3) is 0 Å². The van der Waals surface area contributed by atoms with Crippen LogP contribution < -0.4 is 43.4 Å². The average molecular weight is 839 g/mol. The Labute approximate surface area is 350 Å². The number of benzene rings is 2. The van der Waals surface area contributed by atoms with E-state index in [0.717, 1.165) is 33.4 Å². The van der Waals surface area contributed by atoms with E-state index in [2.05, 4.69) is 31.9 Å². The Morgan fingerprint density at radius 2 is 1.05 bits per heavy atom. The van der Waals surface area contributed by atoms with E-state index in [-0.39, 0.29) is 18.6 Å². The van der Waals surface area contributed by atoms with Crippen molar-refractivity contribution in [2.45, 2.75) is 125 Å². The third-order valence-electron chi connectivity index (χ3n) is 10.6. The summed E-state index contributed by atoms with van der Waals surface area (Å²) < 4.78 is 0. The van der Waals surface area contributed by atoms with Gasteiger partial charge in [-0.2, -0.15) is 0 Å². The minimum absolute atomic E-state index is 0.0436. The summed E-state index contributed by atoms with van der Waals surface area (Å²) in [6.07, 6.45) is -0.876. The number of carbonyl (C=O) groups is 8. The van der Waals surface area contributed by atoms with Gasteiger partial charge < -0.3 is 53.6 Å². The van der Waals surface area contributed by atoms with Crippen LogP contribution in [0.15, 0.2) is 24.3 Å². The quantitative estimate of drug-likeness (QED) is 0.0791. The van der Waals surface area contributed by atoms with Crippen LogP contribution in [0.5, 0.6) is 5.75 Å². The van der Waals surface area contributed by atoms with Gasteiger partial charge in [-0.3, -0.25) is 38.4 Å². The van der Waals surface area contributed by atoms with Crippen LogP contribution in [0.25, 0.3) is 0 Å². The number of hydrogen-bond acceptors (Lipinski definition) is 10. The highest BCUT2D eigenvalue weighted by Crippen LogP contribution is 2.27. The third kappa shape index (κ3) is 14.4. The van der Waals surface area contributed by atoms with Crippen molar-refractivity contribution in [3.8, 4) is 5.75 Å². The Bertz CT molecular complexity index is 1900. The average Bonchev–Trinajstić information content (AvgIpc) is 3.17. The maximum absolute atomic E-state index is 14.2.